The van der Waals surface area contributed by atoms with Crippen LogP contribution in [-0.4, -0.2) is 46.5 Å². The SMILES string of the molecule is Oc1ccc(F)cc1-c1cc(N2CCCN(c3ccccn3)CC2)n[nH]1. The lowest BCUT2D eigenvalue weighted by molar-refractivity contribution is 0.475. The Morgan fingerprint density at radius 3 is 2.54 bits per heavy atom. The second-order valence-electron chi connectivity index (χ2n) is 6.32. The lowest BCUT2D eigenvalue weighted by Gasteiger charge is -2.22. The molecule has 2 aromatic heterocycles. The average Bonchev–Trinajstić information content (AvgIpc) is 3.02. The van der Waals surface area contributed by atoms with Crippen LogP contribution in [0.4, 0.5) is 16.0 Å². The van der Waals surface area contributed by atoms with Crippen LogP contribution in [0.25, 0.3) is 11.3 Å². The maximum absolute atomic E-state index is 13.5. The molecule has 0 atom stereocenters. The first kappa shape index (κ1) is 16.4. The molecular weight excluding hydrogens is 333 g/mol. The molecule has 26 heavy (non-hydrogen) atoms. The van der Waals surface area contributed by atoms with E-state index in [-0.39, 0.29) is 5.75 Å². The molecule has 134 valence electrons. The first-order valence-corrected chi connectivity index (χ1v) is 8.66. The van der Waals surface area contributed by atoms with Gasteiger partial charge in [0, 0.05) is 44.0 Å². The van der Waals surface area contributed by atoms with Crippen LogP contribution in [0.5, 0.6) is 5.75 Å². The van der Waals surface area contributed by atoms with Crippen molar-refractivity contribution in [1.29, 1.82) is 0 Å². The van der Waals surface area contributed by atoms with E-state index in [0.717, 1.165) is 44.2 Å². The number of phenolic OH excluding ortho intramolecular Hbond substituents is 1. The first-order valence-electron chi connectivity index (χ1n) is 8.66. The normalized spacial score (nSPS) is 15.1. The summed E-state index contributed by atoms with van der Waals surface area (Å²) in [5.74, 6) is 1.42. The smallest absolute Gasteiger partial charge is 0.151 e. The third-order valence-corrected chi connectivity index (χ3v) is 4.61. The average molecular weight is 353 g/mol. The van der Waals surface area contributed by atoms with E-state index in [1.54, 1.807) is 0 Å². The molecule has 1 aliphatic heterocycles. The van der Waals surface area contributed by atoms with Crippen molar-refractivity contribution in [2.24, 2.45) is 0 Å². The molecule has 0 saturated carbocycles. The molecule has 4 rings (SSSR count). The zero-order valence-corrected chi connectivity index (χ0v) is 14.3. The number of rotatable bonds is 3. The molecule has 0 amide bonds. The fourth-order valence-electron chi connectivity index (χ4n) is 3.25. The van der Waals surface area contributed by atoms with E-state index in [1.807, 2.05) is 30.5 Å². The third-order valence-electron chi connectivity index (χ3n) is 4.61. The van der Waals surface area contributed by atoms with E-state index in [0.29, 0.717) is 11.3 Å². The summed E-state index contributed by atoms with van der Waals surface area (Å²) in [7, 11) is 0. The van der Waals surface area contributed by atoms with E-state index in [4.69, 9.17) is 0 Å². The fourth-order valence-corrected chi connectivity index (χ4v) is 3.25. The minimum Gasteiger partial charge on any atom is -0.507 e. The standard InChI is InChI=1S/C19H20FN5O/c20-14-5-6-17(26)15(12-14)16-13-19(23-22-16)25-9-3-8-24(10-11-25)18-4-1-2-7-21-18/h1-2,4-7,12-13,26H,3,8-11H2,(H,22,23). The second kappa shape index (κ2) is 7.03. The third kappa shape index (κ3) is 3.33. The Bertz CT molecular complexity index is 883. The molecule has 1 aromatic carbocycles. The number of phenols is 1. The Morgan fingerprint density at radius 2 is 1.77 bits per heavy atom. The van der Waals surface area contributed by atoms with Crippen molar-refractivity contribution in [1.82, 2.24) is 15.2 Å². The van der Waals surface area contributed by atoms with Crippen molar-refractivity contribution >= 4 is 11.6 Å². The van der Waals surface area contributed by atoms with Gasteiger partial charge in [-0.05, 0) is 36.8 Å². The predicted molar refractivity (Wildman–Crippen MR) is 98.9 cm³/mol. The summed E-state index contributed by atoms with van der Waals surface area (Å²) in [5, 5.41) is 17.2. The van der Waals surface area contributed by atoms with Crippen molar-refractivity contribution in [2.75, 3.05) is 36.0 Å². The molecule has 1 aliphatic rings. The summed E-state index contributed by atoms with van der Waals surface area (Å²) >= 11 is 0. The largest absolute Gasteiger partial charge is 0.507 e. The van der Waals surface area contributed by atoms with Crippen LogP contribution < -0.4 is 9.80 Å². The van der Waals surface area contributed by atoms with Crippen LogP contribution in [0.2, 0.25) is 0 Å². The van der Waals surface area contributed by atoms with Gasteiger partial charge in [-0.1, -0.05) is 6.07 Å². The number of hydrogen-bond acceptors (Lipinski definition) is 5. The summed E-state index contributed by atoms with van der Waals surface area (Å²) in [6.45, 7) is 3.48. The number of nitrogens with one attached hydrogen (secondary N) is 1. The van der Waals surface area contributed by atoms with Gasteiger partial charge in [0.15, 0.2) is 5.82 Å². The van der Waals surface area contributed by atoms with Crippen molar-refractivity contribution in [2.45, 2.75) is 6.42 Å². The molecule has 2 N–H and O–H groups in total. The van der Waals surface area contributed by atoms with Crippen LogP contribution in [0, 0.1) is 5.82 Å². The molecule has 0 spiro atoms. The highest BCUT2D eigenvalue weighted by Crippen LogP contribution is 2.30. The molecule has 0 radical (unpaired) electrons. The molecule has 0 unspecified atom stereocenters. The summed E-state index contributed by atoms with van der Waals surface area (Å²) in [6, 6.07) is 11.7. The Hall–Kier alpha value is -3.09. The molecule has 3 aromatic rings. The van der Waals surface area contributed by atoms with Gasteiger partial charge in [0.1, 0.15) is 17.4 Å². The highest BCUT2D eigenvalue weighted by atomic mass is 19.1. The molecular formula is C19H20FN5O. The van der Waals surface area contributed by atoms with Gasteiger partial charge in [-0.25, -0.2) is 9.37 Å². The molecule has 0 aliphatic carbocycles. The Balaban J connectivity index is 1.50. The summed E-state index contributed by atoms with van der Waals surface area (Å²) in [6.07, 6.45) is 2.80. The van der Waals surface area contributed by atoms with Crippen molar-refractivity contribution < 1.29 is 9.50 Å². The Kier molecular flexibility index (Phi) is 4.43. The van der Waals surface area contributed by atoms with Crippen molar-refractivity contribution in [3.05, 3.63) is 54.5 Å². The van der Waals surface area contributed by atoms with Gasteiger partial charge >= 0.3 is 0 Å². The van der Waals surface area contributed by atoms with E-state index in [9.17, 15) is 9.50 Å². The van der Waals surface area contributed by atoms with Gasteiger partial charge in [0.05, 0.1) is 5.69 Å². The van der Waals surface area contributed by atoms with E-state index < -0.39 is 5.82 Å². The molecule has 0 bridgehead atoms. The van der Waals surface area contributed by atoms with Crippen molar-refractivity contribution in [3.63, 3.8) is 0 Å². The quantitative estimate of drug-likeness (QED) is 0.758. The Labute approximate surface area is 150 Å². The van der Waals surface area contributed by atoms with Crippen molar-refractivity contribution in [3.8, 4) is 17.0 Å². The minimum absolute atomic E-state index is 0.0267. The highest BCUT2D eigenvalue weighted by molar-refractivity contribution is 5.69. The number of nitrogens with zero attached hydrogens (tertiary/aromatic N) is 4. The van der Waals surface area contributed by atoms with Gasteiger partial charge in [0.25, 0.3) is 0 Å². The molecule has 3 heterocycles. The number of pyridine rings is 1. The summed E-state index contributed by atoms with van der Waals surface area (Å²) < 4.78 is 13.5. The number of anilines is 2. The monoisotopic (exact) mass is 353 g/mol. The van der Waals surface area contributed by atoms with E-state index in [1.165, 1.54) is 18.2 Å². The van der Waals surface area contributed by atoms with Crippen LogP contribution in [0.1, 0.15) is 6.42 Å². The molecule has 1 saturated heterocycles. The second-order valence-corrected chi connectivity index (χ2v) is 6.32. The minimum atomic E-state index is -0.394. The van der Waals surface area contributed by atoms with Gasteiger partial charge in [0.2, 0.25) is 0 Å². The number of aromatic hydroxyl groups is 1. The number of aromatic amines is 1. The number of aromatic nitrogens is 3. The van der Waals surface area contributed by atoms with E-state index >= 15 is 0 Å². The molecule has 6 nitrogen and oxygen atoms in total. The number of hydrogen-bond donors (Lipinski definition) is 2. The summed E-state index contributed by atoms with van der Waals surface area (Å²) in [5.41, 5.74) is 1.01. The number of halogens is 1. The number of H-pyrrole nitrogens is 1. The maximum atomic E-state index is 13.5. The van der Waals surface area contributed by atoms with Gasteiger partial charge in [-0.3, -0.25) is 5.10 Å². The van der Waals surface area contributed by atoms with Crippen LogP contribution in [-0.2, 0) is 0 Å². The molecule has 7 heteroatoms. The van der Waals surface area contributed by atoms with E-state index in [2.05, 4.69) is 25.0 Å². The van der Waals surface area contributed by atoms with Gasteiger partial charge in [-0.2, -0.15) is 5.10 Å². The number of benzene rings is 1. The Morgan fingerprint density at radius 1 is 0.962 bits per heavy atom. The maximum Gasteiger partial charge on any atom is 0.151 e. The lowest BCUT2D eigenvalue weighted by Crippen LogP contribution is -2.31. The van der Waals surface area contributed by atoms with Crippen LogP contribution >= 0.6 is 0 Å². The first-order chi connectivity index (χ1) is 12.7. The molecule has 1 fully saturated rings. The van der Waals surface area contributed by atoms with Crippen LogP contribution in [0.3, 0.4) is 0 Å². The zero-order valence-electron chi connectivity index (χ0n) is 14.3. The lowest BCUT2D eigenvalue weighted by atomic mass is 10.1. The zero-order chi connectivity index (χ0) is 17.9. The topological polar surface area (TPSA) is 68.3 Å². The summed E-state index contributed by atoms with van der Waals surface area (Å²) in [4.78, 5) is 8.89. The van der Waals surface area contributed by atoms with Gasteiger partial charge < -0.3 is 14.9 Å². The van der Waals surface area contributed by atoms with Gasteiger partial charge in [-0.15, -0.1) is 0 Å². The van der Waals surface area contributed by atoms with Crippen LogP contribution in [0.15, 0.2) is 48.7 Å². The fraction of sp³-hybridized carbons (Fsp3) is 0.263. The predicted octanol–water partition coefficient (Wildman–Crippen LogP) is 3.03. The highest BCUT2D eigenvalue weighted by Gasteiger charge is 2.19.